The van der Waals surface area contributed by atoms with Gasteiger partial charge in [0.05, 0.1) is 6.54 Å². The summed E-state index contributed by atoms with van der Waals surface area (Å²) in [5.74, 6) is 1.56. The monoisotopic (exact) mass is 319 g/mol. The molecule has 3 rings (SSSR count). The highest BCUT2D eigenvalue weighted by molar-refractivity contribution is 6.11. The Morgan fingerprint density at radius 3 is 2.54 bits per heavy atom. The summed E-state index contributed by atoms with van der Waals surface area (Å²) in [6, 6.07) is 10.8. The molecule has 1 aromatic heterocycles. The second kappa shape index (κ2) is 7.52. The van der Waals surface area contributed by atoms with Gasteiger partial charge in [0.1, 0.15) is 0 Å². The molecule has 3 heteroatoms. The van der Waals surface area contributed by atoms with Crippen LogP contribution in [0.15, 0.2) is 52.7 Å². The lowest BCUT2D eigenvalue weighted by atomic mass is 9.97. The summed E-state index contributed by atoms with van der Waals surface area (Å²) in [7, 11) is 0. The molecule has 0 unspecified atom stereocenters. The minimum absolute atomic E-state index is 0.677. The van der Waals surface area contributed by atoms with Gasteiger partial charge in [0, 0.05) is 23.7 Å². The van der Waals surface area contributed by atoms with Gasteiger partial charge in [0.2, 0.25) is 0 Å². The van der Waals surface area contributed by atoms with Gasteiger partial charge < -0.3 is 0 Å². The fourth-order valence-corrected chi connectivity index (χ4v) is 3.02. The molecule has 0 fully saturated rings. The molecule has 0 saturated carbocycles. The van der Waals surface area contributed by atoms with Crippen LogP contribution >= 0.6 is 0 Å². The average molecular weight is 319 g/mol. The fourth-order valence-electron chi connectivity index (χ4n) is 3.02. The number of hydrogen-bond donors (Lipinski definition) is 0. The Kier molecular flexibility index (Phi) is 5.19. The lowest BCUT2D eigenvalue weighted by molar-refractivity contribution is 0.645. The van der Waals surface area contributed by atoms with Crippen LogP contribution in [0, 0.1) is 12.8 Å². The lowest BCUT2D eigenvalue weighted by Crippen LogP contribution is -2.02. The molecule has 0 N–H and O–H groups in total. The van der Waals surface area contributed by atoms with Crippen molar-refractivity contribution in [3.8, 4) is 0 Å². The van der Waals surface area contributed by atoms with E-state index in [2.05, 4.69) is 61.1 Å². The van der Waals surface area contributed by atoms with Gasteiger partial charge in [0.25, 0.3) is 0 Å². The van der Waals surface area contributed by atoms with Crippen LogP contribution in [-0.2, 0) is 12.8 Å². The van der Waals surface area contributed by atoms with Gasteiger partial charge in [0.15, 0.2) is 5.84 Å². The van der Waals surface area contributed by atoms with Gasteiger partial charge in [-0.25, -0.2) is 4.99 Å². The van der Waals surface area contributed by atoms with Crippen LogP contribution in [0.2, 0.25) is 0 Å². The predicted molar refractivity (Wildman–Crippen MR) is 101 cm³/mol. The Morgan fingerprint density at radius 1 is 1.04 bits per heavy atom. The number of pyridine rings is 1. The zero-order chi connectivity index (χ0) is 16.9. The van der Waals surface area contributed by atoms with Crippen LogP contribution in [0.25, 0.3) is 0 Å². The Hall–Kier alpha value is -2.29. The molecule has 124 valence electrons. The number of rotatable bonds is 6. The van der Waals surface area contributed by atoms with Crippen molar-refractivity contribution >= 4 is 11.5 Å². The van der Waals surface area contributed by atoms with Gasteiger partial charge in [-0.05, 0) is 67.0 Å². The van der Waals surface area contributed by atoms with Crippen LogP contribution in [0.5, 0.6) is 0 Å². The lowest BCUT2D eigenvalue weighted by Gasteiger charge is -2.10. The first-order valence-electron chi connectivity index (χ1n) is 8.71. The van der Waals surface area contributed by atoms with Crippen molar-refractivity contribution in [3.63, 3.8) is 0 Å². The van der Waals surface area contributed by atoms with E-state index in [1.165, 1.54) is 22.4 Å². The fraction of sp³-hybridized carbons (Fsp3) is 0.381. The molecule has 3 nitrogen and oxygen atoms in total. The Balaban J connectivity index is 1.65. The third-order valence-corrected chi connectivity index (χ3v) is 4.36. The first-order valence-corrected chi connectivity index (χ1v) is 8.71. The molecule has 0 saturated heterocycles. The number of aromatic nitrogens is 1. The SMILES string of the molecule is Cc1cc(C2=NCC(CCc3ccncc3)=N2)ccc1CC(C)C. The predicted octanol–water partition coefficient (Wildman–Crippen LogP) is 4.42. The number of nitrogens with zero attached hydrogens (tertiary/aromatic N) is 3. The molecular weight excluding hydrogens is 294 g/mol. The standard InChI is InChI=1S/C21H25N3/c1-15(2)12-18-5-6-19(13-16(18)3)21-23-14-20(24-21)7-4-17-8-10-22-11-9-17/h5-6,8-11,13,15H,4,7,12,14H2,1-3H3. The molecule has 0 atom stereocenters. The maximum atomic E-state index is 4.76. The van der Waals surface area contributed by atoms with Crippen molar-refractivity contribution < 1.29 is 0 Å². The molecule has 0 amide bonds. The molecule has 1 aliphatic heterocycles. The minimum Gasteiger partial charge on any atom is -0.265 e. The number of benzene rings is 1. The molecule has 0 radical (unpaired) electrons. The van der Waals surface area contributed by atoms with E-state index in [0.29, 0.717) is 5.92 Å². The summed E-state index contributed by atoms with van der Waals surface area (Å²) < 4.78 is 0. The third kappa shape index (κ3) is 4.16. The van der Waals surface area contributed by atoms with Crippen LogP contribution in [-0.4, -0.2) is 23.1 Å². The van der Waals surface area contributed by atoms with E-state index in [-0.39, 0.29) is 0 Å². The number of aryl methyl sites for hydroxylation is 2. The van der Waals surface area contributed by atoms with Gasteiger partial charge in [-0.1, -0.05) is 26.0 Å². The largest absolute Gasteiger partial charge is 0.265 e. The summed E-state index contributed by atoms with van der Waals surface area (Å²) in [6.07, 6.45) is 6.77. The van der Waals surface area contributed by atoms with Gasteiger partial charge >= 0.3 is 0 Å². The molecule has 0 spiro atoms. The second-order valence-corrected chi connectivity index (χ2v) is 6.91. The molecule has 2 aromatic rings. The average Bonchev–Trinajstić information content (AvgIpc) is 3.04. The van der Waals surface area contributed by atoms with Gasteiger partial charge in [-0.2, -0.15) is 0 Å². The van der Waals surface area contributed by atoms with E-state index in [0.717, 1.165) is 37.2 Å². The van der Waals surface area contributed by atoms with E-state index in [9.17, 15) is 0 Å². The molecule has 0 bridgehead atoms. The molecule has 24 heavy (non-hydrogen) atoms. The maximum Gasteiger partial charge on any atom is 0.154 e. The van der Waals surface area contributed by atoms with Crippen molar-refractivity contribution in [2.24, 2.45) is 15.9 Å². The molecule has 0 aliphatic carbocycles. The normalized spacial score (nSPS) is 14.0. The van der Waals surface area contributed by atoms with E-state index in [1.54, 1.807) is 0 Å². The van der Waals surface area contributed by atoms with E-state index in [1.807, 2.05) is 12.4 Å². The first kappa shape index (κ1) is 16.6. The smallest absolute Gasteiger partial charge is 0.154 e. The highest BCUT2D eigenvalue weighted by Gasteiger charge is 2.13. The highest BCUT2D eigenvalue weighted by Crippen LogP contribution is 2.18. The van der Waals surface area contributed by atoms with Gasteiger partial charge in [-0.15, -0.1) is 0 Å². The summed E-state index contributed by atoms with van der Waals surface area (Å²) in [5.41, 5.74) is 6.37. The molecule has 2 heterocycles. The first-order chi connectivity index (χ1) is 11.6. The van der Waals surface area contributed by atoms with Crippen LogP contribution in [0.1, 0.15) is 42.5 Å². The highest BCUT2D eigenvalue weighted by atomic mass is 15.0. The van der Waals surface area contributed by atoms with Crippen LogP contribution < -0.4 is 0 Å². The van der Waals surface area contributed by atoms with E-state index in [4.69, 9.17) is 4.99 Å². The van der Waals surface area contributed by atoms with Crippen molar-refractivity contribution in [1.82, 2.24) is 4.98 Å². The topological polar surface area (TPSA) is 37.6 Å². The van der Waals surface area contributed by atoms with Crippen LogP contribution in [0.4, 0.5) is 0 Å². The quantitative estimate of drug-likeness (QED) is 0.776. The van der Waals surface area contributed by atoms with Crippen molar-refractivity contribution in [2.45, 2.75) is 40.0 Å². The molecule has 1 aromatic carbocycles. The molecule has 1 aliphatic rings. The van der Waals surface area contributed by atoms with E-state index >= 15 is 0 Å². The maximum absolute atomic E-state index is 4.76. The minimum atomic E-state index is 0.677. The summed E-state index contributed by atoms with van der Waals surface area (Å²) in [4.78, 5) is 13.4. The Labute approximate surface area is 144 Å². The summed E-state index contributed by atoms with van der Waals surface area (Å²) in [6.45, 7) is 7.43. The van der Waals surface area contributed by atoms with Gasteiger partial charge in [-0.3, -0.25) is 9.98 Å². The summed E-state index contributed by atoms with van der Waals surface area (Å²) in [5, 5.41) is 0. The third-order valence-electron chi connectivity index (χ3n) is 4.36. The number of amidine groups is 1. The zero-order valence-corrected chi connectivity index (χ0v) is 14.8. The van der Waals surface area contributed by atoms with Crippen molar-refractivity contribution in [1.29, 1.82) is 0 Å². The van der Waals surface area contributed by atoms with Crippen LogP contribution in [0.3, 0.4) is 0 Å². The number of aliphatic imine (C=N–C) groups is 2. The molecular formula is C21H25N3. The number of hydrogen-bond acceptors (Lipinski definition) is 3. The van der Waals surface area contributed by atoms with Crippen molar-refractivity contribution in [3.05, 3.63) is 65.0 Å². The second-order valence-electron chi connectivity index (χ2n) is 6.91. The Morgan fingerprint density at radius 2 is 1.83 bits per heavy atom. The van der Waals surface area contributed by atoms with Crippen molar-refractivity contribution in [2.75, 3.05) is 6.54 Å². The zero-order valence-electron chi connectivity index (χ0n) is 14.8. The van der Waals surface area contributed by atoms with E-state index < -0.39 is 0 Å². The Bertz CT molecular complexity index is 758. The summed E-state index contributed by atoms with van der Waals surface area (Å²) >= 11 is 0.